The molecule has 1 atom stereocenters. The molecule has 0 amide bonds. The number of aromatic nitrogens is 2. The third kappa shape index (κ3) is 3.48. The van der Waals surface area contributed by atoms with Crippen LogP contribution in [0.5, 0.6) is 0 Å². The minimum absolute atomic E-state index is 0.110. The number of aliphatic hydroxyl groups is 1. The molecular weight excluding hydrogens is 282 g/mol. The summed E-state index contributed by atoms with van der Waals surface area (Å²) in [5, 5.41) is 13.4. The van der Waals surface area contributed by atoms with E-state index in [-0.39, 0.29) is 6.61 Å². The van der Waals surface area contributed by atoms with E-state index >= 15 is 0 Å². The fraction of sp³-hybridized carbons (Fsp3) is 0.438. The average Bonchev–Trinajstić information content (AvgIpc) is 2.95. The van der Waals surface area contributed by atoms with Gasteiger partial charge in [0.2, 0.25) is 0 Å². The summed E-state index contributed by atoms with van der Waals surface area (Å²) in [5.74, 6) is 2.31. The zero-order valence-electron chi connectivity index (χ0n) is 12.3. The molecule has 1 N–H and O–H groups in total. The molecule has 4 nitrogen and oxygen atoms in total. The Bertz CT molecular complexity index is 581. The van der Waals surface area contributed by atoms with Crippen molar-refractivity contribution in [3.8, 4) is 0 Å². The van der Waals surface area contributed by atoms with Gasteiger partial charge < -0.3 is 5.11 Å². The van der Waals surface area contributed by atoms with Gasteiger partial charge in [0.15, 0.2) is 0 Å². The van der Waals surface area contributed by atoms with Crippen LogP contribution in [0.2, 0.25) is 0 Å². The lowest BCUT2D eigenvalue weighted by Crippen LogP contribution is -2.35. The topological polar surface area (TPSA) is 41.3 Å². The molecule has 1 aromatic heterocycles. The molecular formula is C16H21N3OS. The summed E-state index contributed by atoms with van der Waals surface area (Å²) in [7, 11) is 1.97. The van der Waals surface area contributed by atoms with Crippen molar-refractivity contribution in [2.75, 3.05) is 18.1 Å². The summed E-state index contributed by atoms with van der Waals surface area (Å²) in [6, 6.07) is 8.69. The number of hydrogen-bond acceptors (Lipinski definition) is 4. The van der Waals surface area contributed by atoms with Crippen molar-refractivity contribution in [1.29, 1.82) is 0 Å². The second-order valence-corrected chi connectivity index (χ2v) is 6.63. The minimum Gasteiger partial charge on any atom is -0.392 e. The van der Waals surface area contributed by atoms with Crippen LogP contribution in [0, 0.1) is 0 Å². The first-order chi connectivity index (χ1) is 10.3. The Balaban J connectivity index is 1.74. The standard InChI is InChI=1S/C16H21N3OS/c1-18-10-15(8-17-18)16-12-21-7-6-19(16)9-13-2-4-14(11-20)5-3-13/h2-5,8,10,16,20H,6-7,9,11-12H2,1H3/t16-/m1/s1. The van der Waals surface area contributed by atoms with Gasteiger partial charge in [-0.05, 0) is 11.1 Å². The molecule has 2 heterocycles. The number of benzene rings is 1. The van der Waals surface area contributed by atoms with Gasteiger partial charge in [-0.25, -0.2) is 0 Å². The Labute approximate surface area is 129 Å². The highest BCUT2D eigenvalue weighted by Gasteiger charge is 2.25. The molecule has 5 heteroatoms. The van der Waals surface area contributed by atoms with Crippen LogP contribution in [0.1, 0.15) is 22.7 Å². The number of aryl methyl sites for hydroxylation is 1. The maximum Gasteiger partial charge on any atom is 0.0681 e. The smallest absolute Gasteiger partial charge is 0.0681 e. The van der Waals surface area contributed by atoms with Crippen LogP contribution in [0.25, 0.3) is 0 Å². The highest BCUT2D eigenvalue weighted by molar-refractivity contribution is 7.99. The van der Waals surface area contributed by atoms with Crippen LogP contribution >= 0.6 is 11.8 Å². The maximum atomic E-state index is 9.12. The van der Waals surface area contributed by atoms with E-state index in [1.807, 2.05) is 41.8 Å². The second kappa shape index (κ2) is 6.64. The molecule has 0 aliphatic carbocycles. The molecule has 3 rings (SSSR count). The number of nitrogens with zero attached hydrogens (tertiary/aromatic N) is 3. The Hall–Kier alpha value is -1.30. The molecule has 1 aromatic carbocycles. The second-order valence-electron chi connectivity index (χ2n) is 5.48. The van der Waals surface area contributed by atoms with Crippen molar-refractivity contribution in [1.82, 2.24) is 14.7 Å². The van der Waals surface area contributed by atoms with Crippen molar-refractivity contribution >= 4 is 11.8 Å². The van der Waals surface area contributed by atoms with Crippen LogP contribution in [0.3, 0.4) is 0 Å². The largest absolute Gasteiger partial charge is 0.392 e. The van der Waals surface area contributed by atoms with Crippen molar-refractivity contribution in [3.05, 3.63) is 53.3 Å². The molecule has 0 spiro atoms. The van der Waals surface area contributed by atoms with Crippen molar-refractivity contribution in [2.24, 2.45) is 7.05 Å². The third-order valence-corrected chi connectivity index (χ3v) is 4.96. The van der Waals surface area contributed by atoms with Crippen LogP contribution < -0.4 is 0 Å². The molecule has 0 unspecified atom stereocenters. The summed E-state index contributed by atoms with van der Waals surface area (Å²) < 4.78 is 1.88. The summed E-state index contributed by atoms with van der Waals surface area (Å²) >= 11 is 2.02. The van der Waals surface area contributed by atoms with Crippen LogP contribution in [-0.4, -0.2) is 37.8 Å². The summed E-state index contributed by atoms with van der Waals surface area (Å²) in [6.07, 6.45) is 4.11. The lowest BCUT2D eigenvalue weighted by molar-refractivity contribution is 0.212. The first-order valence-electron chi connectivity index (χ1n) is 7.25. The van der Waals surface area contributed by atoms with Gasteiger partial charge in [-0.2, -0.15) is 16.9 Å². The number of rotatable bonds is 4. The first-order valence-corrected chi connectivity index (χ1v) is 8.41. The zero-order chi connectivity index (χ0) is 14.7. The molecule has 0 bridgehead atoms. The normalized spacial score (nSPS) is 19.8. The lowest BCUT2D eigenvalue weighted by Gasteiger charge is -2.35. The molecule has 1 fully saturated rings. The van der Waals surface area contributed by atoms with Crippen LogP contribution in [-0.2, 0) is 20.2 Å². The Morgan fingerprint density at radius 1 is 1.29 bits per heavy atom. The van der Waals surface area contributed by atoms with E-state index in [1.165, 1.54) is 16.9 Å². The predicted molar refractivity (Wildman–Crippen MR) is 86.0 cm³/mol. The summed E-state index contributed by atoms with van der Waals surface area (Å²) in [4.78, 5) is 2.53. The van der Waals surface area contributed by atoms with Crippen molar-refractivity contribution in [2.45, 2.75) is 19.2 Å². The molecule has 0 radical (unpaired) electrons. The Morgan fingerprint density at radius 3 is 2.71 bits per heavy atom. The van der Waals surface area contributed by atoms with Crippen molar-refractivity contribution < 1.29 is 5.11 Å². The van der Waals surface area contributed by atoms with Gasteiger partial charge in [-0.15, -0.1) is 0 Å². The van der Waals surface area contributed by atoms with Gasteiger partial charge in [0.25, 0.3) is 0 Å². The SMILES string of the molecule is Cn1cc([C@H]2CSCCN2Cc2ccc(CO)cc2)cn1. The molecule has 1 saturated heterocycles. The van der Waals surface area contributed by atoms with Gasteiger partial charge in [0.05, 0.1) is 12.8 Å². The van der Waals surface area contributed by atoms with E-state index in [1.54, 1.807) is 0 Å². The minimum atomic E-state index is 0.110. The van der Waals surface area contributed by atoms with E-state index in [2.05, 4.69) is 28.3 Å². The highest BCUT2D eigenvalue weighted by atomic mass is 32.2. The zero-order valence-corrected chi connectivity index (χ0v) is 13.1. The van der Waals surface area contributed by atoms with E-state index in [0.29, 0.717) is 6.04 Å². The van der Waals surface area contributed by atoms with E-state index in [9.17, 15) is 0 Å². The summed E-state index contributed by atoms with van der Waals surface area (Å²) in [6.45, 7) is 2.16. The number of hydrogen-bond donors (Lipinski definition) is 1. The van der Waals surface area contributed by atoms with E-state index in [4.69, 9.17) is 5.11 Å². The molecule has 112 valence electrons. The Morgan fingerprint density at radius 2 is 2.05 bits per heavy atom. The van der Waals surface area contributed by atoms with Crippen LogP contribution in [0.4, 0.5) is 0 Å². The van der Waals surface area contributed by atoms with Crippen LogP contribution in [0.15, 0.2) is 36.7 Å². The number of aliphatic hydroxyl groups excluding tert-OH is 1. The Kier molecular flexibility index (Phi) is 4.63. The van der Waals surface area contributed by atoms with Gasteiger partial charge in [-0.1, -0.05) is 24.3 Å². The predicted octanol–water partition coefficient (Wildman–Crippen LogP) is 2.20. The molecule has 0 saturated carbocycles. The summed E-state index contributed by atoms with van der Waals surface area (Å²) in [5.41, 5.74) is 3.57. The molecule has 2 aromatic rings. The third-order valence-electron chi connectivity index (χ3n) is 3.94. The van der Waals surface area contributed by atoms with E-state index < -0.39 is 0 Å². The molecule has 1 aliphatic heterocycles. The van der Waals surface area contributed by atoms with Gasteiger partial charge in [-0.3, -0.25) is 9.58 Å². The van der Waals surface area contributed by atoms with Gasteiger partial charge >= 0.3 is 0 Å². The van der Waals surface area contributed by atoms with Crippen molar-refractivity contribution in [3.63, 3.8) is 0 Å². The molecule has 21 heavy (non-hydrogen) atoms. The lowest BCUT2D eigenvalue weighted by atomic mass is 10.1. The molecule has 1 aliphatic rings. The fourth-order valence-corrected chi connectivity index (χ4v) is 3.89. The van der Waals surface area contributed by atoms with Gasteiger partial charge in [0.1, 0.15) is 0 Å². The quantitative estimate of drug-likeness (QED) is 0.940. The number of thioether (sulfide) groups is 1. The first kappa shape index (κ1) is 14.6. The van der Waals surface area contributed by atoms with Gasteiger partial charge in [0, 0.05) is 49.4 Å². The van der Waals surface area contributed by atoms with E-state index in [0.717, 1.165) is 24.4 Å². The average molecular weight is 303 g/mol. The monoisotopic (exact) mass is 303 g/mol. The fourth-order valence-electron chi connectivity index (χ4n) is 2.73. The maximum absolute atomic E-state index is 9.12. The highest BCUT2D eigenvalue weighted by Crippen LogP contribution is 2.30.